The highest BCUT2D eigenvalue weighted by molar-refractivity contribution is 9.12. The first-order valence-electron chi connectivity index (χ1n) is 5.27. The normalized spacial score (nSPS) is 10.5. The Morgan fingerprint density at radius 2 is 1.15 bits per heavy atom. The molecule has 0 fully saturated rings. The van der Waals surface area contributed by atoms with Crippen molar-refractivity contribution in [1.29, 1.82) is 0 Å². The molecule has 0 spiro atoms. The summed E-state index contributed by atoms with van der Waals surface area (Å²) in [6.45, 7) is 0. The van der Waals surface area contributed by atoms with E-state index < -0.39 is 0 Å². The Morgan fingerprint density at radius 3 is 1.60 bits per heavy atom. The molecule has 7 heteroatoms. The molecular formula is C13H7Br5O2. The Labute approximate surface area is 158 Å². The van der Waals surface area contributed by atoms with Crippen LogP contribution in [0.5, 0.6) is 17.2 Å². The van der Waals surface area contributed by atoms with Crippen molar-refractivity contribution in [2.24, 2.45) is 0 Å². The molecule has 0 heterocycles. The maximum atomic E-state index is 5.93. The van der Waals surface area contributed by atoms with E-state index in [2.05, 4.69) is 79.6 Å². The predicted octanol–water partition coefficient (Wildman–Crippen LogP) is 7.30. The van der Waals surface area contributed by atoms with Crippen LogP contribution in [0.4, 0.5) is 0 Å². The lowest BCUT2D eigenvalue weighted by Gasteiger charge is -2.13. The molecule has 2 rings (SSSR count). The number of rotatable bonds is 3. The van der Waals surface area contributed by atoms with E-state index in [1.807, 2.05) is 24.3 Å². The van der Waals surface area contributed by atoms with Crippen molar-refractivity contribution in [2.45, 2.75) is 0 Å². The Bertz CT molecular complexity index is 611. The van der Waals surface area contributed by atoms with Gasteiger partial charge in [-0.2, -0.15) is 0 Å². The molecule has 20 heavy (non-hydrogen) atoms. The summed E-state index contributed by atoms with van der Waals surface area (Å²) < 4.78 is 15.5. The fourth-order valence-electron chi connectivity index (χ4n) is 1.53. The Balaban J connectivity index is 2.41. The second-order valence-electron chi connectivity index (χ2n) is 3.72. The summed E-state index contributed by atoms with van der Waals surface area (Å²) in [6.07, 6.45) is 0. The van der Waals surface area contributed by atoms with Crippen molar-refractivity contribution in [2.75, 3.05) is 7.11 Å². The fraction of sp³-hybridized carbons (Fsp3) is 0.0769. The smallest absolute Gasteiger partial charge is 0.155 e. The van der Waals surface area contributed by atoms with Crippen LogP contribution in [0.25, 0.3) is 0 Å². The third kappa shape index (κ3) is 3.80. The summed E-state index contributed by atoms with van der Waals surface area (Å²) in [5, 5.41) is 0. The van der Waals surface area contributed by atoms with E-state index in [0.717, 1.165) is 28.1 Å². The van der Waals surface area contributed by atoms with Crippen LogP contribution in [0.2, 0.25) is 0 Å². The molecule has 0 aliphatic carbocycles. The van der Waals surface area contributed by atoms with Crippen LogP contribution < -0.4 is 9.47 Å². The highest BCUT2D eigenvalue weighted by Gasteiger charge is 2.13. The van der Waals surface area contributed by atoms with Crippen molar-refractivity contribution in [3.8, 4) is 17.2 Å². The second kappa shape index (κ2) is 7.13. The predicted molar refractivity (Wildman–Crippen MR) is 98.0 cm³/mol. The molecular weight excluding hydrogens is 588 g/mol. The number of benzene rings is 2. The van der Waals surface area contributed by atoms with Gasteiger partial charge in [0, 0.05) is 4.47 Å². The maximum Gasteiger partial charge on any atom is 0.155 e. The lowest BCUT2D eigenvalue weighted by atomic mass is 10.3. The second-order valence-corrected chi connectivity index (χ2v) is 8.05. The lowest BCUT2D eigenvalue weighted by molar-refractivity contribution is 0.407. The average molecular weight is 595 g/mol. The number of halogens is 5. The molecule has 0 atom stereocenters. The van der Waals surface area contributed by atoms with Crippen LogP contribution in [-0.2, 0) is 0 Å². The van der Waals surface area contributed by atoms with Gasteiger partial charge in [-0.15, -0.1) is 0 Å². The zero-order valence-corrected chi connectivity index (χ0v) is 17.9. The van der Waals surface area contributed by atoms with Crippen LogP contribution >= 0.6 is 79.6 Å². The van der Waals surface area contributed by atoms with Gasteiger partial charge in [0.1, 0.15) is 11.5 Å². The Morgan fingerprint density at radius 1 is 0.700 bits per heavy atom. The monoisotopic (exact) mass is 590 g/mol. The number of hydrogen-bond donors (Lipinski definition) is 0. The van der Waals surface area contributed by atoms with Gasteiger partial charge in [0.15, 0.2) is 5.75 Å². The summed E-state index contributed by atoms with van der Waals surface area (Å²) in [5.74, 6) is 2.12. The number of hydrogen-bond acceptors (Lipinski definition) is 2. The summed E-state index contributed by atoms with van der Waals surface area (Å²) in [6, 6.07) is 7.55. The minimum absolute atomic E-state index is 0.688. The van der Waals surface area contributed by atoms with Gasteiger partial charge in [-0.1, -0.05) is 15.9 Å². The third-order valence-corrected chi connectivity index (χ3v) is 5.17. The molecule has 2 nitrogen and oxygen atoms in total. The van der Waals surface area contributed by atoms with Gasteiger partial charge in [-0.3, -0.25) is 0 Å². The largest absolute Gasteiger partial charge is 0.494 e. The topological polar surface area (TPSA) is 18.5 Å². The number of ether oxygens (including phenoxy) is 2. The van der Waals surface area contributed by atoms with E-state index in [9.17, 15) is 0 Å². The van der Waals surface area contributed by atoms with Crippen LogP contribution in [-0.4, -0.2) is 7.11 Å². The van der Waals surface area contributed by atoms with Crippen LogP contribution in [0, 0.1) is 0 Å². The Kier molecular flexibility index (Phi) is 5.99. The fourth-order valence-corrected chi connectivity index (χ4v) is 5.42. The standard InChI is InChI=1S/C13H7Br5O2/c1-19-12-10(17)4-7(5-11(12)18)20-13-8(15)2-6(14)3-9(13)16/h2-5H,1H3. The summed E-state index contributed by atoms with van der Waals surface area (Å²) in [7, 11) is 1.62. The molecule has 0 aliphatic rings. The van der Waals surface area contributed by atoms with Gasteiger partial charge in [0.25, 0.3) is 0 Å². The molecule has 2 aromatic carbocycles. The van der Waals surface area contributed by atoms with E-state index in [4.69, 9.17) is 9.47 Å². The van der Waals surface area contributed by atoms with E-state index in [1.165, 1.54) is 0 Å². The maximum absolute atomic E-state index is 5.93. The van der Waals surface area contributed by atoms with Crippen LogP contribution in [0.1, 0.15) is 0 Å². The summed E-state index contributed by atoms with van der Waals surface area (Å²) in [4.78, 5) is 0. The van der Waals surface area contributed by atoms with Crippen molar-refractivity contribution in [1.82, 2.24) is 0 Å². The lowest BCUT2D eigenvalue weighted by Crippen LogP contribution is -1.91. The van der Waals surface area contributed by atoms with Gasteiger partial charge in [-0.25, -0.2) is 0 Å². The molecule has 0 aromatic heterocycles. The Hall–Kier alpha value is 0.440. The first kappa shape index (κ1) is 16.8. The molecule has 0 saturated heterocycles. The van der Waals surface area contributed by atoms with Gasteiger partial charge in [0.2, 0.25) is 0 Å². The van der Waals surface area contributed by atoms with Gasteiger partial charge in [-0.05, 0) is 88.0 Å². The molecule has 0 radical (unpaired) electrons. The number of methoxy groups -OCH3 is 1. The van der Waals surface area contributed by atoms with Gasteiger partial charge in [0.05, 0.1) is 25.0 Å². The zero-order valence-electron chi connectivity index (χ0n) is 10.0. The van der Waals surface area contributed by atoms with Crippen LogP contribution in [0.3, 0.4) is 0 Å². The molecule has 106 valence electrons. The molecule has 0 amide bonds. The van der Waals surface area contributed by atoms with Crippen molar-refractivity contribution in [3.05, 3.63) is 46.6 Å². The van der Waals surface area contributed by atoms with E-state index in [0.29, 0.717) is 11.5 Å². The highest BCUT2D eigenvalue weighted by Crippen LogP contribution is 2.42. The van der Waals surface area contributed by atoms with Crippen molar-refractivity contribution >= 4 is 79.6 Å². The average Bonchev–Trinajstić information content (AvgIpc) is 2.33. The first-order chi connectivity index (χ1) is 9.42. The minimum atomic E-state index is 0.688. The molecule has 0 unspecified atom stereocenters. The third-order valence-electron chi connectivity index (χ3n) is 2.36. The van der Waals surface area contributed by atoms with E-state index in [-0.39, 0.29) is 0 Å². The molecule has 0 bridgehead atoms. The molecule has 0 saturated carbocycles. The van der Waals surface area contributed by atoms with Crippen molar-refractivity contribution in [3.63, 3.8) is 0 Å². The van der Waals surface area contributed by atoms with Crippen molar-refractivity contribution < 1.29 is 9.47 Å². The van der Waals surface area contributed by atoms with E-state index in [1.54, 1.807) is 7.11 Å². The minimum Gasteiger partial charge on any atom is -0.494 e. The van der Waals surface area contributed by atoms with Crippen LogP contribution in [0.15, 0.2) is 46.6 Å². The molecule has 0 aliphatic heterocycles. The summed E-state index contributed by atoms with van der Waals surface area (Å²) >= 11 is 17.3. The quantitative estimate of drug-likeness (QED) is 0.371. The SMILES string of the molecule is COc1c(Br)cc(Oc2c(Br)cc(Br)cc2Br)cc1Br. The van der Waals surface area contributed by atoms with Gasteiger partial charge >= 0.3 is 0 Å². The molecule has 0 N–H and O–H groups in total. The highest BCUT2D eigenvalue weighted by atomic mass is 79.9. The van der Waals surface area contributed by atoms with E-state index >= 15 is 0 Å². The zero-order chi connectivity index (χ0) is 14.9. The summed E-state index contributed by atoms with van der Waals surface area (Å²) in [5.41, 5.74) is 0. The van der Waals surface area contributed by atoms with Gasteiger partial charge < -0.3 is 9.47 Å². The first-order valence-corrected chi connectivity index (χ1v) is 9.24. The molecule has 2 aromatic rings.